The number of carbonyl (C=O) groups excluding carboxylic acids is 2. The second kappa shape index (κ2) is 7.02. The van der Waals surface area contributed by atoms with Gasteiger partial charge >= 0.3 is 5.69 Å². The highest BCUT2D eigenvalue weighted by molar-refractivity contribution is 6.45. The Balaban J connectivity index is 2.79. The van der Waals surface area contributed by atoms with Crippen LogP contribution >= 0.6 is 0 Å². The molecule has 27 heavy (non-hydrogen) atoms. The zero-order valence-electron chi connectivity index (χ0n) is 15.3. The molecule has 0 saturated heterocycles. The number of hydrogen-bond donors (Lipinski definition) is 2. The van der Waals surface area contributed by atoms with Crippen molar-refractivity contribution in [2.45, 2.75) is 33.2 Å². The Hall–Kier alpha value is -3.50. The summed E-state index contributed by atoms with van der Waals surface area (Å²) in [6.45, 7) is 6.40. The summed E-state index contributed by atoms with van der Waals surface area (Å²) in [4.78, 5) is 39.6. The van der Waals surface area contributed by atoms with Crippen molar-refractivity contribution in [3.8, 4) is 22.9 Å². The van der Waals surface area contributed by atoms with Gasteiger partial charge in [0, 0.05) is 18.0 Å². The molecule has 0 bridgehead atoms. The minimum absolute atomic E-state index is 0.136. The topological polar surface area (TPSA) is 158 Å². The van der Waals surface area contributed by atoms with Crippen LogP contribution in [0.15, 0.2) is 10.6 Å². The third kappa shape index (κ3) is 4.02. The Bertz CT molecular complexity index is 928. The fourth-order valence-electron chi connectivity index (χ4n) is 2.29. The molecule has 0 spiro atoms. The standard InChI is InChI=1S/C16H18N4O7/c1-7-17-14(19-27-7)8-6-9(26-5)12(21)11(20(24)25)10(8)13(22)15(23)18-16(2,3)4/h6,21H,1-5H3,(H,18,23). The minimum Gasteiger partial charge on any atom is -0.499 e. The summed E-state index contributed by atoms with van der Waals surface area (Å²) in [6, 6.07) is 1.13. The molecule has 0 atom stereocenters. The lowest BCUT2D eigenvalue weighted by molar-refractivity contribution is -0.386. The van der Waals surface area contributed by atoms with Gasteiger partial charge in [-0.2, -0.15) is 4.98 Å². The molecular weight excluding hydrogens is 360 g/mol. The average Bonchev–Trinajstić information content (AvgIpc) is 2.97. The summed E-state index contributed by atoms with van der Waals surface area (Å²) in [5.41, 5.74) is -2.59. The second-order valence-electron chi connectivity index (χ2n) is 6.63. The van der Waals surface area contributed by atoms with E-state index in [0.29, 0.717) is 0 Å². The van der Waals surface area contributed by atoms with E-state index in [4.69, 9.17) is 9.26 Å². The number of Topliss-reactive ketones (excluding diaryl/α,β-unsaturated/α-hetero) is 1. The molecule has 0 radical (unpaired) electrons. The molecule has 1 amide bonds. The molecule has 1 aromatic heterocycles. The van der Waals surface area contributed by atoms with Crippen molar-refractivity contribution in [1.82, 2.24) is 15.5 Å². The first-order chi connectivity index (χ1) is 12.5. The van der Waals surface area contributed by atoms with Crippen LogP contribution in [0.3, 0.4) is 0 Å². The predicted octanol–water partition coefficient (Wildman–Crippen LogP) is 1.76. The fraction of sp³-hybridized carbons (Fsp3) is 0.375. The monoisotopic (exact) mass is 378 g/mol. The number of rotatable bonds is 5. The first kappa shape index (κ1) is 19.8. The van der Waals surface area contributed by atoms with Crippen LogP contribution in [0.25, 0.3) is 11.4 Å². The summed E-state index contributed by atoms with van der Waals surface area (Å²) >= 11 is 0. The third-order valence-electron chi connectivity index (χ3n) is 3.33. The van der Waals surface area contributed by atoms with Gasteiger partial charge in [0.1, 0.15) is 5.56 Å². The highest BCUT2D eigenvalue weighted by Crippen LogP contribution is 2.43. The normalized spacial score (nSPS) is 11.1. The van der Waals surface area contributed by atoms with E-state index in [-0.39, 0.29) is 23.0 Å². The maximum Gasteiger partial charge on any atom is 0.326 e. The van der Waals surface area contributed by atoms with Gasteiger partial charge in [-0.25, -0.2) is 0 Å². The lowest BCUT2D eigenvalue weighted by atomic mass is 9.97. The molecule has 2 aromatic rings. The summed E-state index contributed by atoms with van der Waals surface area (Å²) in [7, 11) is 1.18. The van der Waals surface area contributed by atoms with E-state index in [1.54, 1.807) is 20.8 Å². The number of phenols is 1. The van der Waals surface area contributed by atoms with Crippen LogP contribution in [0.5, 0.6) is 11.5 Å². The number of aryl methyl sites for hydroxylation is 1. The highest BCUT2D eigenvalue weighted by Gasteiger charge is 2.37. The highest BCUT2D eigenvalue weighted by atomic mass is 16.6. The quantitative estimate of drug-likeness (QED) is 0.342. The number of nitro benzene ring substituents is 1. The van der Waals surface area contributed by atoms with Crippen molar-refractivity contribution < 1.29 is 28.9 Å². The van der Waals surface area contributed by atoms with Crippen LogP contribution < -0.4 is 10.1 Å². The minimum atomic E-state index is -1.23. The number of nitro groups is 1. The summed E-state index contributed by atoms with van der Waals surface area (Å²) in [5.74, 6) is -3.52. The number of methoxy groups -OCH3 is 1. The van der Waals surface area contributed by atoms with Crippen molar-refractivity contribution in [3.63, 3.8) is 0 Å². The number of aromatic nitrogens is 2. The molecule has 0 aliphatic carbocycles. The summed E-state index contributed by atoms with van der Waals surface area (Å²) < 4.78 is 9.78. The Kier molecular flexibility index (Phi) is 5.15. The van der Waals surface area contributed by atoms with E-state index in [0.717, 1.165) is 6.07 Å². The number of nitrogens with one attached hydrogen (secondary N) is 1. The molecular formula is C16H18N4O7. The number of benzene rings is 1. The van der Waals surface area contributed by atoms with Gasteiger partial charge in [0.2, 0.25) is 17.5 Å². The fourth-order valence-corrected chi connectivity index (χ4v) is 2.29. The Morgan fingerprint density at radius 1 is 1.37 bits per heavy atom. The molecule has 2 rings (SSSR count). The SMILES string of the molecule is COc1cc(-c2noc(C)n2)c(C(=O)C(=O)NC(C)(C)C)c([N+](=O)[O-])c1O. The molecule has 2 N–H and O–H groups in total. The van der Waals surface area contributed by atoms with E-state index in [2.05, 4.69) is 15.5 Å². The van der Waals surface area contributed by atoms with Gasteiger partial charge in [-0.1, -0.05) is 5.16 Å². The number of carbonyl (C=O) groups is 2. The smallest absolute Gasteiger partial charge is 0.326 e. The number of aromatic hydroxyl groups is 1. The lowest BCUT2D eigenvalue weighted by Crippen LogP contribution is -2.44. The van der Waals surface area contributed by atoms with Gasteiger partial charge in [-0.05, 0) is 26.8 Å². The zero-order chi connectivity index (χ0) is 20.5. The first-order valence-corrected chi connectivity index (χ1v) is 7.72. The Morgan fingerprint density at radius 2 is 2.00 bits per heavy atom. The van der Waals surface area contributed by atoms with Crippen molar-refractivity contribution >= 4 is 17.4 Å². The molecule has 1 heterocycles. The van der Waals surface area contributed by atoms with E-state index in [1.807, 2.05) is 0 Å². The van der Waals surface area contributed by atoms with E-state index < -0.39 is 39.2 Å². The number of phenolic OH excluding ortho intramolecular Hbond substituents is 1. The summed E-state index contributed by atoms with van der Waals surface area (Å²) in [5, 5.41) is 27.8. The van der Waals surface area contributed by atoms with Crippen molar-refractivity contribution in [3.05, 3.63) is 27.6 Å². The van der Waals surface area contributed by atoms with Crippen LogP contribution in [0.4, 0.5) is 5.69 Å². The molecule has 0 aliphatic rings. The maximum atomic E-state index is 12.7. The zero-order valence-corrected chi connectivity index (χ0v) is 15.3. The van der Waals surface area contributed by atoms with Crippen LogP contribution in [-0.4, -0.2) is 44.5 Å². The van der Waals surface area contributed by atoms with Gasteiger partial charge in [0.25, 0.3) is 11.7 Å². The van der Waals surface area contributed by atoms with Crippen LogP contribution in [-0.2, 0) is 4.79 Å². The largest absolute Gasteiger partial charge is 0.499 e. The van der Waals surface area contributed by atoms with Crippen molar-refractivity contribution in [2.75, 3.05) is 7.11 Å². The number of ether oxygens (including phenoxy) is 1. The molecule has 0 fully saturated rings. The van der Waals surface area contributed by atoms with Gasteiger partial charge in [0.15, 0.2) is 5.75 Å². The number of hydrogen-bond acceptors (Lipinski definition) is 9. The van der Waals surface area contributed by atoms with Gasteiger partial charge < -0.3 is 19.7 Å². The molecule has 144 valence electrons. The van der Waals surface area contributed by atoms with Crippen LogP contribution in [0.2, 0.25) is 0 Å². The van der Waals surface area contributed by atoms with E-state index in [9.17, 15) is 24.8 Å². The van der Waals surface area contributed by atoms with Gasteiger partial charge in [-0.3, -0.25) is 19.7 Å². The number of ketones is 1. The first-order valence-electron chi connectivity index (χ1n) is 7.72. The van der Waals surface area contributed by atoms with Crippen molar-refractivity contribution in [1.29, 1.82) is 0 Å². The molecule has 11 nitrogen and oxygen atoms in total. The Morgan fingerprint density at radius 3 is 2.44 bits per heavy atom. The van der Waals surface area contributed by atoms with Gasteiger partial charge in [-0.15, -0.1) is 0 Å². The average molecular weight is 378 g/mol. The summed E-state index contributed by atoms with van der Waals surface area (Å²) in [6.07, 6.45) is 0. The van der Waals surface area contributed by atoms with Gasteiger partial charge in [0.05, 0.1) is 12.0 Å². The van der Waals surface area contributed by atoms with Crippen molar-refractivity contribution in [2.24, 2.45) is 0 Å². The molecule has 0 unspecified atom stereocenters. The van der Waals surface area contributed by atoms with E-state index >= 15 is 0 Å². The molecule has 11 heteroatoms. The predicted molar refractivity (Wildman–Crippen MR) is 91.6 cm³/mol. The lowest BCUT2D eigenvalue weighted by Gasteiger charge is -2.20. The third-order valence-corrected chi connectivity index (χ3v) is 3.33. The molecule has 0 aliphatic heterocycles. The van der Waals surface area contributed by atoms with Crippen LogP contribution in [0, 0.1) is 17.0 Å². The molecule has 0 saturated carbocycles. The number of amides is 1. The maximum absolute atomic E-state index is 12.7. The molecule has 1 aromatic carbocycles. The Labute approximate surface area is 153 Å². The van der Waals surface area contributed by atoms with E-state index in [1.165, 1.54) is 14.0 Å². The second-order valence-corrected chi connectivity index (χ2v) is 6.63. The number of nitrogens with zero attached hydrogens (tertiary/aromatic N) is 3. The van der Waals surface area contributed by atoms with Crippen LogP contribution in [0.1, 0.15) is 37.0 Å².